The van der Waals surface area contributed by atoms with Crippen molar-refractivity contribution in [3.8, 4) is 0 Å². The van der Waals surface area contributed by atoms with Gasteiger partial charge < -0.3 is 11.1 Å². The van der Waals surface area contributed by atoms with Crippen LogP contribution in [-0.2, 0) is 10.5 Å². The first kappa shape index (κ1) is 15.0. The number of nitrogens with one attached hydrogen (secondary N) is 1. The Bertz CT molecular complexity index is 544. The zero-order valence-corrected chi connectivity index (χ0v) is 12.5. The fraction of sp³-hybridized carbons (Fsp3) is 0.308. The molecule has 1 heterocycles. The van der Waals surface area contributed by atoms with Crippen LogP contribution in [0.5, 0.6) is 0 Å². The molecule has 2 rings (SSSR count). The van der Waals surface area contributed by atoms with Crippen LogP contribution in [0.1, 0.15) is 18.4 Å². The summed E-state index contributed by atoms with van der Waals surface area (Å²) in [6.07, 6.45) is 1.10. The third kappa shape index (κ3) is 4.92. The van der Waals surface area contributed by atoms with Crippen molar-refractivity contribution >= 4 is 34.1 Å². The van der Waals surface area contributed by atoms with Crippen LogP contribution in [-0.4, -0.2) is 22.6 Å². The van der Waals surface area contributed by atoms with Crippen molar-refractivity contribution in [2.75, 3.05) is 11.9 Å². The van der Waals surface area contributed by atoms with Gasteiger partial charge in [-0.05, 0) is 18.5 Å². The largest absolute Gasteiger partial charge is 0.330 e. The van der Waals surface area contributed by atoms with Crippen LogP contribution >= 0.6 is 23.1 Å². The highest BCUT2D eigenvalue weighted by atomic mass is 32.2. The smallest absolute Gasteiger partial charge is 0.226 e. The second kappa shape index (κ2) is 7.98. The van der Waals surface area contributed by atoms with E-state index >= 15 is 0 Å². The summed E-state index contributed by atoms with van der Waals surface area (Å²) in [5, 5.41) is 11.3. The lowest BCUT2D eigenvalue weighted by molar-refractivity contribution is -0.116. The molecule has 0 saturated heterocycles. The molecule has 0 unspecified atom stereocenters. The number of nitrogens with two attached hydrogens (primary N) is 1. The molecule has 1 aromatic carbocycles. The zero-order valence-electron chi connectivity index (χ0n) is 10.9. The molecule has 5 nitrogen and oxygen atoms in total. The quantitative estimate of drug-likeness (QED) is 0.607. The van der Waals surface area contributed by atoms with Gasteiger partial charge in [-0.25, -0.2) is 0 Å². The minimum Gasteiger partial charge on any atom is -0.330 e. The van der Waals surface area contributed by atoms with Gasteiger partial charge in [-0.2, -0.15) is 0 Å². The van der Waals surface area contributed by atoms with Gasteiger partial charge in [0, 0.05) is 12.2 Å². The Morgan fingerprint density at radius 3 is 2.85 bits per heavy atom. The maximum Gasteiger partial charge on any atom is 0.226 e. The Labute approximate surface area is 126 Å². The third-order valence-electron chi connectivity index (χ3n) is 2.47. The highest BCUT2D eigenvalue weighted by molar-refractivity contribution is 8.00. The van der Waals surface area contributed by atoms with Crippen LogP contribution in [0.15, 0.2) is 34.7 Å². The molecule has 1 amide bonds. The number of anilines is 1. The summed E-state index contributed by atoms with van der Waals surface area (Å²) in [6, 6.07) is 10.2. The summed E-state index contributed by atoms with van der Waals surface area (Å²) in [5.41, 5.74) is 6.60. The van der Waals surface area contributed by atoms with Gasteiger partial charge >= 0.3 is 0 Å². The standard InChI is InChI=1S/C13H16N4OS2/c14-8-4-7-11(18)15-12-16-17-13(20-12)19-9-10-5-2-1-3-6-10/h1-3,5-6H,4,7-9,14H2,(H,15,16,18). The zero-order chi connectivity index (χ0) is 14.2. The summed E-state index contributed by atoms with van der Waals surface area (Å²) in [6.45, 7) is 0.516. The van der Waals surface area contributed by atoms with E-state index in [0.29, 0.717) is 24.5 Å². The lowest BCUT2D eigenvalue weighted by Gasteiger charge is -1.98. The Morgan fingerprint density at radius 1 is 1.30 bits per heavy atom. The van der Waals surface area contributed by atoms with Crippen molar-refractivity contribution in [1.82, 2.24) is 10.2 Å². The average Bonchev–Trinajstić information content (AvgIpc) is 2.91. The monoisotopic (exact) mass is 308 g/mol. The molecule has 2 aromatic rings. The fourth-order valence-electron chi connectivity index (χ4n) is 1.48. The van der Waals surface area contributed by atoms with Gasteiger partial charge in [-0.3, -0.25) is 4.79 Å². The predicted octanol–water partition coefficient (Wildman–Crippen LogP) is 2.51. The number of carbonyl (C=O) groups is 1. The van der Waals surface area contributed by atoms with Gasteiger partial charge in [0.15, 0.2) is 4.34 Å². The highest BCUT2D eigenvalue weighted by Gasteiger charge is 2.08. The first-order valence-corrected chi connectivity index (χ1v) is 8.08. The molecule has 20 heavy (non-hydrogen) atoms. The number of carbonyl (C=O) groups excluding carboxylic acids is 1. The maximum absolute atomic E-state index is 11.5. The van der Waals surface area contributed by atoms with E-state index in [4.69, 9.17) is 5.73 Å². The van der Waals surface area contributed by atoms with Gasteiger partial charge in [-0.1, -0.05) is 53.4 Å². The molecule has 7 heteroatoms. The second-order valence-electron chi connectivity index (χ2n) is 4.09. The van der Waals surface area contributed by atoms with Crippen molar-refractivity contribution in [1.29, 1.82) is 0 Å². The SMILES string of the molecule is NCCCC(=O)Nc1nnc(SCc2ccccc2)s1. The molecule has 106 valence electrons. The number of benzene rings is 1. The van der Waals surface area contributed by atoms with E-state index in [1.54, 1.807) is 11.8 Å². The maximum atomic E-state index is 11.5. The summed E-state index contributed by atoms with van der Waals surface area (Å²) >= 11 is 3.00. The van der Waals surface area contributed by atoms with E-state index < -0.39 is 0 Å². The number of rotatable bonds is 7. The molecule has 0 bridgehead atoms. The van der Waals surface area contributed by atoms with Crippen LogP contribution in [0, 0.1) is 0 Å². The molecule has 0 atom stereocenters. The van der Waals surface area contributed by atoms with E-state index in [9.17, 15) is 4.79 Å². The molecule has 0 aliphatic carbocycles. The van der Waals surface area contributed by atoms with Gasteiger partial charge in [0.25, 0.3) is 0 Å². The fourth-order valence-corrected chi connectivity index (χ4v) is 3.21. The van der Waals surface area contributed by atoms with E-state index in [-0.39, 0.29) is 5.91 Å². The number of amides is 1. The summed E-state index contributed by atoms with van der Waals surface area (Å²) in [5.74, 6) is 0.780. The normalized spacial score (nSPS) is 10.4. The predicted molar refractivity (Wildman–Crippen MR) is 82.8 cm³/mol. The second-order valence-corrected chi connectivity index (χ2v) is 6.29. The lowest BCUT2D eigenvalue weighted by atomic mass is 10.2. The van der Waals surface area contributed by atoms with Gasteiger partial charge in [0.05, 0.1) is 0 Å². The van der Waals surface area contributed by atoms with Crippen LogP contribution in [0.2, 0.25) is 0 Å². The summed E-state index contributed by atoms with van der Waals surface area (Å²) in [4.78, 5) is 11.5. The van der Waals surface area contributed by atoms with Crippen LogP contribution in [0.25, 0.3) is 0 Å². The molecule has 0 spiro atoms. The minimum absolute atomic E-state index is 0.0637. The molecule has 0 fully saturated rings. The van der Waals surface area contributed by atoms with Gasteiger partial charge in [0.1, 0.15) is 0 Å². The summed E-state index contributed by atoms with van der Waals surface area (Å²) in [7, 11) is 0. The van der Waals surface area contributed by atoms with Crippen molar-refractivity contribution in [2.24, 2.45) is 5.73 Å². The molecule has 1 aromatic heterocycles. The number of hydrogen-bond donors (Lipinski definition) is 2. The molecule has 0 radical (unpaired) electrons. The van der Waals surface area contributed by atoms with Crippen LogP contribution < -0.4 is 11.1 Å². The number of nitrogens with zero attached hydrogens (tertiary/aromatic N) is 2. The van der Waals surface area contributed by atoms with E-state index in [1.165, 1.54) is 16.9 Å². The van der Waals surface area contributed by atoms with E-state index in [1.807, 2.05) is 18.2 Å². The first-order chi connectivity index (χ1) is 9.78. The number of thioether (sulfide) groups is 1. The lowest BCUT2D eigenvalue weighted by Crippen LogP contribution is -2.13. The van der Waals surface area contributed by atoms with Gasteiger partial charge in [-0.15, -0.1) is 10.2 Å². The Hall–Kier alpha value is -1.44. The molecule has 0 aliphatic heterocycles. The minimum atomic E-state index is -0.0637. The van der Waals surface area contributed by atoms with E-state index in [0.717, 1.165) is 10.1 Å². The van der Waals surface area contributed by atoms with Crippen molar-refractivity contribution in [2.45, 2.75) is 22.9 Å². The Morgan fingerprint density at radius 2 is 2.10 bits per heavy atom. The first-order valence-electron chi connectivity index (χ1n) is 6.28. The van der Waals surface area contributed by atoms with Crippen LogP contribution in [0.4, 0.5) is 5.13 Å². The third-order valence-corrected chi connectivity index (χ3v) is 4.51. The molecular formula is C13H16N4OS2. The summed E-state index contributed by atoms with van der Waals surface area (Å²) < 4.78 is 0.850. The molecular weight excluding hydrogens is 292 g/mol. The van der Waals surface area contributed by atoms with Crippen molar-refractivity contribution in [3.63, 3.8) is 0 Å². The molecule has 0 aliphatic rings. The average molecular weight is 308 g/mol. The Kier molecular flexibility index (Phi) is 5.97. The Balaban J connectivity index is 1.81. The van der Waals surface area contributed by atoms with Crippen molar-refractivity contribution in [3.05, 3.63) is 35.9 Å². The van der Waals surface area contributed by atoms with E-state index in [2.05, 4.69) is 27.6 Å². The topological polar surface area (TPSA) is 80.9 Å². The molecule has 0 saturated carbocycles. The number of hydrogen-bond acceptors (Lipinski definition) is 6. The molecule has 3 N–H and O–H groups in total. The highest BCUT2D eigenvalue weighted by Crippen LogP contribution is 2.28. The van der Waals surface area contributed by atoms with Crippen molar-refractivity contribution < 1.29 is 4.79 Å². The number of aromatic nitrogens is 2. The van der Waals surface area contributed by atoms with Gasteiger partial charge in [0.2, 0.25) is 11.0 Å². The van der Waals surface area contributed by atoms with Crippen LogP contribution in [0.3, 0.4) is 0 Å².